The highest BCUT2D eigenvalue weighted by atomic mass is 19.1. The fourth-order valence-electron chi connectivity index (χ4n) is 2.34. The predicted octanol–water partition coefficient (Wildman–Crippen LogP) is 4.04. The van der Waals surface area contributed by atoms with Gasteiger partial charge >= 0.3 is 0 Å². The summed E-state index contributed by atoms with van der Waals surface area (Å²) in [4.78, 5) is 2.79. The average Bonchev–Trinajstić information content (AvgIpc) is 2.67. The fraction of sp³-hybridized carbons (Fsp3) is 0.455. The Morgan fingerprint density at radius 2 is 1.94 bits per heavy atom. The summed E-state index contributed by atoms with van der Waals surface area (Å²) in [6.07, 6.45) is 3.05. The van der Waals surface area contributed by atoms with Crippen molar-refractivity contribution in [2.75, 3.05) is 0 Å². The number of rotatable bonds is 2. The zero-order valence-corrected chi connectivity index (χ0v) is 8.66. The van der Waals surface area contributed by atoms with Crippen molar-refractivity contribution in [3.63, 3.8) is 0 Å². The molecule has 1 fully saturated rings. The van der Waals surface area contributed by atoms with E-state index in [9.17, 15) is 8.78 Å². The largest absolute Gasteiger partial charge is 0.207 e. The molecule has 0 bridgehead atoms. The van der Waals surface area contributed by atoms with Gasteiger partial charge in [-0.05, 0) is 24.4 Å². The van der Waals surface area contributed by atoms with Gasteiger partial charge in [0, 0.05) is 16.5 Å². The van der Waals surface area contributed by atoms with Gasteiger partial charge in [0.1, 0.15) is 11.6 Å². The highest BCUT2D eigenvalue weighted by Crippen LogP contribution is 2.43. The molecule has 1 aromatic carbocycles. The summed E-state index contributed by atoms with van der Waals surface area (Å²) < 4.78 is 26.4. The summed E-state index contributed by atoms with van der Waals surface area (Å²) in [6.45, 7) is 0. The van der Waals surface area contributed by atoms with Crippen LogP contribution in [0.25, 0.3) is 10.4 Å². The molecule has 0 atom stereocenters. The molecule has 0 N–H and O–H groups in total. The lowest BCUT2D eigenvalue weighted by Gasteiger charge is -2.23. The molecule has 1 aliphatic carbocycles. The zero-order valence-electron chi connectivity index (χ0n) is 8.66. The molecule has 16 heavy (non-hydrogen) atoms. The standard InChI is InChI=1S/C11H11F2N3/c12-8-3-4-9(10(13)7-8)11(15-16-14)5-1-2-6-11/h3-4,7H,1-2,5-6H2. The second kappa shape index (κ2) is 4.10. The first-order valence-corrected chi connectivity index (χ1v) is 5.20. The van der Waals surface area contributed by atoms with E-state index >= 15 is 0 Å². The molecule has 0 aliphatic heterocycles. The van der Waals surface area contributed by atoms with Crippen molar-refractivity contribution in [3.8, 4) is 0 Å². The second-order valence-corrected chi connectivity index (χ2v) is 4.05. The van der Waals surface area contributed by atoms with Crippen LogP contribution in [0.4, 0.5) is 8.78 Å². The number of hydrogen-bond acceptors (Lipinski definition) is 1. The predicted molar refractivity (Wildman–Crippen MR) is 55.7 cm³/mol. The lowest BCUT2D eigenvalue weighted by Crippen LogP contribution is -2.20. The molecule has 0 saturated heterocycles. The van der Waals surface area contributed by atoms with Gasteiger partial charge in [0.05, 0.1) is 5.54 Å². The summed E-state index contributed by atoms with van der Waals surface area (Å²) in [5, 5.41) is 3.73. The first-order chi connectivity index (χ1) is 7.68. The number of hydrogen-bond donors (Lipinski definition) is 0. The minimum Gasteiger partial charge on any atom is -0.207 e. The van der Waals surface area contributed by atoms with Crippen LogP contribution in [0.2, 0.25) is 0 Å². The molecule has 0 heterocycles. The van der Waals surface area contributed by atoms with Crippen molar-refractivity contribution in [2.24, 2.45) is 5.11 Å². The van der Waals surface area contributed by atoms with Crippen molar-refractivity contribution in [1.82, 2.24) is 0 Å². The molecule has 0 spiro atoms. The van der Waals surface area contributed by atoms with Crippen molar-refractivity contribution in [2.45, 2.75) is 31.2 Å². The van der Waals surface area contributed by atoms with Crippen molar-refractivity contribution in [3.05, 3.63) is 45.8 Å². The smallest absolute Gasteiger partial charge is 0.130 e. The Balaban J connectivity index is 2.51. The van der Waals surface area contributed by atoms with E-state index in [2.05, 4.69) is 10.0 Å². The van der Waals surface area contributed by atoms with Crippen LogP contribution in [-0.4, -0.2) is 0 Å². The van der Waals surface area contributed by atoms with Gasteiger partial charge in [-0.1, -0.05) is 24.0 Å². The molecule has 0 amide bonds. The van der Waals surface area contributed by atoms with Crippen molar-refractivity contribution in [1.29, 1.82) is 0 Å². The molecule has 1 aliphatic rings. The molecule has 5 heteroatoms. The minimum atomic E-state index is -0.813. The van der Waals surface area contributed by atoms with E-state index in [1.165, 1.54) is 12.1 Å². The van der Waals surface area contributed by atoms with Gasteiger partial charge in [-0.3, -0.25) is 0 Å². The number of nitrogens with zero attached hydrogens (tertiary/aromatic N) is 3. The van der Waals surface area contributed by atoms with E-state index in [-0.39, 0.29) is 0 Å². The Labute approximate surface area is 91.7 Å². The van der Waals surface area contributed by atoms with Crippen LogP contribution >= 0.6 is 0 Å². The number of halogens is 2. The Morgan fingerprint density at radius 3 is 2.50 bits per heavy atom. The van der Waals surface area contributed by atoms with E-state index in [1.54, 1.807) is 0 Å². The number of benzene rings is 1. The summed E-state index contributed by atoms with van der Waals surface area (Å²) in [6, 6.07) is 3.42. The average molecular weight is 223 g/mol. The second-order valence-electron chi connectivity index (χ2n) is 4.05. The summed E-state index contributed by atoms with van der Waals surface area (Å²) in [5.74, 6) is -1.25. The molecule has 3 nitrogen and oxygen atoms in total. The van der Waals surface area contributed by atoms with E-state index in [1.807, 2.05) is 0 Å². The Hall–Kier alpha value is -1.61. The van der Waals surface area contributed by atoms with Crippen molar-refractivity contribution < 1.29 is 8.78 Å². The van der Waals surface area contributed by atoms with Crippen LogP contribution in [0, 0.1) is 11.6 Å². The molecule has 0 radical (unpaired) electrons. The lowest BCUT2D eigenvalue weighted by molar-refractivity contribution is 0.428. The Kier molecular flexibility index (Phi) is 2.79. The van der Waals surface area contributed by atoms with Gasteiger partial charge in [0.15, 0.2) is 0 Å². The molecular weight excluding hydrogens is 212 g/mol. The summed E-state index contributed by atoms with van der Waals surface area (Å²) in [5.41, 5.74) is 8.06. The van der Waals surface area contributed by atoms with E-state index in [0.29, 0.717) is 18.4 Å². The normalized spacial score (nSPS) is 18.1. The molecular formula is C11H11F2N3. The van der Waals surface area contributed by atoms with E-state index in [0.717, 1.165) is 18.9 Å². The van der Waals surface area contributed by atoms with E-state index < -0.39 is 17.2 Å². The van der Waals surface area contributed by atoms with Gasteiger partial charge in [-0.25, -0.2) is 8.78 Å². The lowest BCUT2D eigenvalue weighted by atomic mass is 9.89. The highest BCUT2D eigenvalue weighted by molar-refractivity contribution is 5.28. The maximum absolute atomic E-state index is 13.6. The number of azide groups is 1. The van der Waals surface area contributed by atoms with Gasteiger partial charge in [0.25, 0.3) is 0 Å². The van der Waals surface area contributed by atoms with Crippen LogP contribution in [0.1, 0.15) is 31.2 Å². The highest BCUT2D eigenvalue weighted by Gasteiger charge is 2.36. The van der Waals surface area contributed by atoms with Crippen LogP contribution in [0.5, 0.6) is 0 Å². The Morgan fingerprint density at radius 1 is 1.25 bits per heavy atom. The van der Waals surface area contributed by atoms with Gasteiger partial charge in [0.2, 0.25) is 0 Å². The molecule has 2 rings (SSSR count). The first kappa shape index (κ1) is 10.9. The summed E-state index contributed by atoms with van der Waals surface area (Å²) in [7, 11) is 0. The zero-order chi connectivity index (χ0) is 11.6. The van der Waals surface area contributed by atoms with Crippen LogP contribution in [0.3, 0.4) is 0 Å². The summed E-state index contributed by atoms with van der Waals surface area (Å²) >= 11 is 0. The molecule has 1 aromatic rings. The molecule has 0 aromatic heterocycles. The van der Waals surface area contributed by atoms with Gasteiger partial charge < -0.3 is 0 Å². The van der Waals surface area contributed by atoms with Crippen molar-refractivity contribution >= 4 is 0 Å². The van der Waals surface area contributed by atoms with Crippen LogP contribution in [0.15, 0.2) is 23.3 Å². The molecule has 84 valence electrons. The van der Waals surface area contributed by atoms with E-state index in [4.69, 9.17) is 5.53 Å². The monoisotopic (exact) mass is 223 g/mol. The van der Waals surface area contributed by atoms with Crippen LogP contribution in [-0.2, 0) is 5.54 Å². The van der Waals surface area contributed by atoms with Crippen LogP contribution < -0.4 is 0 Å². The first-order valence-electron chi connectivity index (χ1n) is 5.20. The van der Waals surface area contributed by atoms with Gasteiger partial charge in [-0.15, -0.1) is 0 Å². The Bertz CT molecular complexity index is 447. The maximum atomic E-state index is 13.6. The minimum absolute atomic E-state index is 0.309. The molecule has 1 saturated carbocycles. The quantitative estimate of drug-likeness (QED) is 0.412. The topological polar surface area (TPSA) is 48.8 Å². The third-order valence-electron chi connectivity index (χ3n) is 3.10. The molecule has 0 unspecified atom stereocenters. The fourth-order valence-corrected chi connectivity index (χ4v) is 2.34. The third-order valence-corrected chi connectivity index (χ3v) is 3.10. The van der Waals surface area contributed by atoms with Gasteiger partial charge in [-0.2, -0.15) is 0 Å². The maximum Gasteiger partial charge on any atom is 0.130 e. The third kappa shape index (κ3) is 1.74. The SMILES string of the molecule is [N-]=[N+]=NC1(c2ccc(F)cc2F)CCCC1.